The molecule has 1 fully saturated rings. The van der Waals surface area contributed by atoms with Gasteiger partial charge in [-0.3, -0.25) is 4.79 Å². The van der Waals surface area contributed by atoms with Crippen LogP contribution in [0.25, 0.3) is 0 Å². The van der Waals surface area contributed by atoms with Gasteiger partial charge in [0.1, 0.15) is 11.5 Å². The van der Waals surface area contributed by atoms with Crippen molar-refractivity contribution in [3.8, 4) is 0 Å². The SMILES string of the molecule is Cc1oc(C)c(C(=O)NC2(C)CCNCC2)c1C. The summed E-state index contributed by atoms with van der Waals surface area (Å²) in [7, 11) is 0. The molecule has 1 saturated heterocycles. The van der Waals surface area contributed by atoms with E-state index >= 15 is 0 Å². The number of rotatable bonds is 2. The van der Waals surface area contributed by atoms with Crippen molar-refractivity contribution in [3.63, 3.8) is 0 Å². The van der Waals surface area contributed by atoms with Crippen LogP contribution in [0.5, 0.6) is 0 Å². The maximum Gasteiger partial charge on any atom is 0.255 e. The van der Waals surface area contributed by atoms with E-state index in [1.165, 1.54) is 0 Å². The van der Waals surface area contributed by atoms with E-state index in [2.05, 4.69) is 17.6 Å². The van der Waals surface area contributed by atoms with Crippen molar-refractivity contribution in [2.24, 2.45) is 0 Å². The number of aryl methyl sites for hydroxylation is 2. The van der Waals surface area contributed by atoms with Gasteiger partial charge in [0.15, 0.2) is 0 Å². The van der Waals surface area contributed by atoms with Crippen molar-refractivity contribution in [2.75, 3.05) is 13.1 Å². The van der Waals surface area contributed by atoms with Gasteiger partial charge in [-0.2, -0.15) is 0 Å². The second-order valence-corrected chi connectivity index (χ2v) is 5.48. The van der Waals surface area contributed by atoms with Gasteiger partial charge >= 0.3 is 0 Å². The van der Waals surface area contributed by atoms with Gasteiger partial charge in [0.25, 0.3) is 5.91 Å². The molecule has 0 spiro atoms. The van der Waals surface area contributed by atoms with Crippen LogP contribution in [0.1, 0.15) is 47.2 Å². The number of piperidine rings is 1. The standard InChI is InChI=1S/C14H22N2O2/c1-9-10(2)18-11(3)12(9)13(17)16-14(4)5-7-15-8-6-14/h15H,5-8H2,1-4H3,(H,16,17). The Balaban J connectivity index is 2.16. The van der Waals surface area contributed by atoms with Crippen LogP contribution in [0.4, 0.5) is 0 Å². The number of furan rings is 1. The van der Waals surface area contributed by atoms with E-state index in [1.54, 1.807) is 0 Å². The van der Waals surface area contributed by atoms with Crippen LogP contribution in [-0.2, 0) is 0 Å². The minimum absolute atomic E-state index is 0.00810. The highest BCUT2D eigenvalue weighted by atomic mass is 16.3. The fraction of sp³-hybridized carbons (Fsp3) is 0.643. The molecule has 1 aromatic rings. The number of amides is 1. The molecule has 100 valence electrons. The smallest absolute Gasteiger partial charge is 0.255 e. The molecule has 0 atom stereocenters. The van der Waals surface area contributed by atoms with Crippen molar-refractivity contribution >= 4 is 5.91 Å². The summed E-state index contributed by atoms with van der Waals surface area (Å²) in [5.74, 6) is 1.53. The highest BCUT2D eigenvalue weighted by molar-refractivity contribution is 5.97. The number of hydrogen-bond donors (Lipinski definition) is 2. The Kier molecular flexibility index (Phi) is 3.48. The van der Waals surface area contributed by atoms with E-state index in [0.29, 0.717) is 11.3 Å². The molecule has 0 bridgehead atoms. The zero-order valence-electron chi connectivity index (χ0n) is 11.6. The van der Waals surface area contributed by atoms with Crippen molar-refractivity contribution in [1.29, 1.82) is 0 Å². The quantitative estimate of drug-likeness (QED) is 0.845. The van der Waals surface area contributed by atoms with E-state index in [9.17, 15) is 4.79 Å². The third-order valence-corrected chi connectivity index (χ3v) is 3.91. The third-order valence-electron chi connectivity index (χ3n) is 3.91. The van der Waals surface area contributed by atoms with Gasteiger partial charge in [-0.1, -0.05) is 0 Å². The molecular formula is C14H22N2O2. The summed E-state index contributed by atoms with van der Waals surface area (Å²) in [5.41, 5.74) is 1.54. The highest BCUT2D eigenvalue weighted by Gasteiger charge is 2.30. The average Bonchev–Trinajstić information content (AvgIpc) is 2.53. The molecule has 2 heterocycles. The van der Waals surface area contributed by atoms with E-state index in [4.69, 9.17) is 4.42 Å². The first kappa shape index (κ1) is 13.1. The minimum atomic E-state index is -0.105. The monoisotopic (exact) mass is 250 g/mol. The lowest BCUT2D eigenvalue weighted by molar-refractivity contribution is 0.0885. The Morgan fingerprint density at radius 3 is 2.33 bits per heavy atom. The predicted octanol–water partition coefficient (Wildman–Crippen LogP) is 2.08. The Labute approximate surface area is 108 Å². The summed E-state index contributed by atoms with van der Waals surface area (Å²) < 4.78 is 5.52. The van der Waals surface area contributed by atoms with E-state index in [-0.39, 0.29) is 11.4 Å². The molecule has 0 radical (unpaired) electrons. The zero-order chi connectivity index (χ0) is 13.3. The molecule has 1 amide bonds. The second-order valence-electron chi connectivity index (χ2n) is 5.48. The van der Waals surface area contributed by atoms with Gasteiger partial charge in [0.2, 0.25) is 0 Å². The highest BCUT2D eigenvalue weighted by Crippen LogP contribution is 2.23. The fourth-order valence-electron chi connectivity index (χ4n) is 2.57. The molecule has 2 N–H and O–H groups in total. The third kappa shape index (κ3) is 2.43. The first-order valence-electron chi connectivity index (χ1n) is 6.53. The van der Waals surface area contributed by atoms with Gasteiger partial charge in [-0.05, 0) is 53.6 Å². The molecule has 1 aromatic heterocycles. The van der Waals surface area contributed by atoms with Gasteiger partial charge < -0.3 is 15.1 Å². The van der Waals surface area contributed by atoms with E-state index in [0.717, 1.165) is 37.3 Å². The molecule has 0 unspecified atom stereocenters. The summed E-state index contributed by atoms with van der Waals surface area (Å²) in [4.78, 5) is 12.4. The fourth-order valence-corrected chi connectivity index (χ4v) is 2.57. The summed E-state index contributed by atoms with van der Waals surface area (Å²) in [6.45, 7) is 9.71. The van der Waals surface area contributed by atoms with Crippen LogP contribution in [0, 0.1) is 20.8 Å². The van der Waals surface area contributed by atoms with Crippen LogP contribution in [0.2, 0.25) is 0 Å². The lowest BCUT2D eigenvalue weighted by Gasteiger charge is -2.35. The van der Waals surface area contributed by atoms with Crippen molar-refractivity contribution in [1.82, 2.24) is 10.6 Å². The molecule has 4 nitrogen and oxygen atoms in total. The van der Waals surface area contributed by atoms with Crippen LogP contribution in [-0.4, -0.2) is 24.5 Å². The zero-order valence-corrected chi connectivity index (χ0v) is 11.6. The molecule has 0 aliphatic carbocycles. The normalized spacial score (nSPS) is 18.7. The summed E-state index contributed by atoms with van der Waals surface area (Å²) in [5, 5.41) is 6.48. The summed E-state index contributed by atoms with van der Waals surface area (Å²) in [6.07, 6.45) is 1.93. The molecule has 2 rings (SSSR count). The van der Waals surface area contributed by atoms with Crippen LogP contribution >= 0.6 is 0 Å². The molecule has 0 aromatic carbocycles. The van der Waals surface area contributed by atoms with Gasteiger partial charge in [-0.15, -0.1) is 0 Å². The average molecular weight is 250 g/mol. The van der Waals surface area contributed by atoms with E-state index in [1.807, 2.05) is 20.8 Å². The molecule has 1 aliphatic rings. The van der Waals surface area contributed by atoms with Crippen molar-refractivity contribution in [3.05, 3.63) is 22.6 Å². The lowest BCUT2D eigenvalue weighted by atomic mass is 9.90. The van der Waals surface area contributed by atoms with Gasteiger partial charge in [0, 0.05) is 11.1 Å². The van der Waals surface area contributed by atoms with Gasteiger partial charge in [-0.25, -0.2) is 0 Å². The maximum absolute atomic E-state index is 12.4. The molecule has 18 heavy (non-hydrogen) atoms. The van der Waals surface area contributed by atoms with Crippen LogP contribution < -0.4 is 10.6 Å². The molecule has 1 aliphatic heterocycles. The molecule has 0 saturated carbocycles. The topological polar surface area (TPSA) is 54.3 Å². The maximum atomic E-state index is 12.4. The Morgan fingerprint density at radius 1 is 1.22 bits per heavy atom. The van der Waals surface area contributed by atoms with Crippen molar-refractivity contribution in [2.45, 2.75) is 46.1 Å². The number of carbonyl (C=O) groups excluding carboxylic acids is 1. The van der Waals surface area contributed by atoms with Crippen LogP contribution in [0.15, 0.2) is 4.42 Å². The largest absolute Gasteiger partial charge is 0.466 e. The minimum Gasteiger partial charge on any atom is -0.466 e. The molecule has 4 heteroatoms. The van der Waals surface area contributed by atoms with Crippen molar-refractivity contribution < 1.29 is 9.21 Å². The number of nitrogens with one attached hydrogen (secondary N) is 2. The number of carbonyl (C=O) groups is 1. The Hall–Kier alpha value is -1.29. The molecular weight excluding hydrogens is 228 g/mol. The lowest BCUT2D eigenvalue weighted by Crippen LogP contribution is -2.52. The van der Waals surface area contributed by atoms with Crippen LogP contribution in [0.3, 0.4) is 0 Å². The summed E-state index contributed by atoms with van der Waals surface area (Å²) in [6, 6.07) is 0. The summed E-state index contributed by atoms with van der Waals surface area (Å²) >= 11 is 0. The predicted molar refractivity (Wildman–Crippen MR) is 70.9 cm³/mol. The first-order valence-corrected chi connectivity index (χ1v) is 6.53. The van der Waals surface area contributed by atoms with E-state index < -0.39 is 0 Å². The Bertz CT molecular complexity index is 457. The Morgan fingerprint density at radius 2 is 1.83 bits per heavy atom. The van der Waals surface area contributed by atoms with Gasteiger partial charge in [0.05, 0.1) is 5.56 Å². The number of hydrogen-bond acceptors (Lipinski definition) is 3. The second kappa shape index (κ2) is 4.76. The first-order chi connectivity index (χ1) is 8.43.